The Hall–Kier alpha value is -5.92. The van der Waals surface area contributed by atoms with Crippen LogP contribution in [-0.4, -0.2) is 0 Å². The maximum Gasteiger partial charge on any atom is 0.136 e. The van der Waals surface area contributed by atoms with Crippen molar-refractivity contribution in [3.8, 4) is 33.4 Å². The Balaban J connectivity index is 1.33. The number of furan rings is 1. The molecule has 0 aliphatic rings. The van der Waals surface area contributed by atoms with Gasteiger partial charge in [0.2, 0.25) is 0 Å². The first-order chi connectivity index (χ1) is 28.2. The van der Waals surface area contributed by atoms with Crippen molar-refractivity contribution in [1.82, 2.24) is 0 Å². The van der Waals surface area contributed by atoms with Gasteiger partial charge in [-0.25, -0.2) is 0 Å². The van der Waals surface area contributed by atoms with E-state index in [9.17, 15) is 2.74 Å². The predicted octanol–water partition coefficient (Wildman–Crippen LogP) is 12.5. The lowest BCUT2D eigenvalue weighted by molar-refractivity contribution is 0.669. The topological polar surface area (TPSA) is 13.1 Å². The molecule has 1 nitrogen and oxygen atoms in total. The second-order valence-electron chi connectivity index (χ2n) is 11.1. The van der Waals surface area contributed by atoms with Crippen molar-refractivity contribution in [3.63, 3.8) is 0 Å². The zero-order valence-corrected chi connectivity index (χ0v) is 24.3. The minimum absolute atomic E-state index is 0.0127. The Morgan fingerprint density at radius 3 is 1.80 bits per heavy atom. The number of hydrogen-bond donors (Lipinski definition) is 0. The molecule has 0 radical (unpaired) electrons. The van der Waals surface area contributed by atoms with Crippen LogP contribution in [0.5, 0.6) is 0 Å². The van der Waals surface area contributed by atoms with Crippen molar-refractivity contribution in [2.24, 2.45) is 0 Å². The third-order valence-corrected chi connectivity index (χ3v) is 8.47. The van der Waals surface area contributed by atoms with Gasteiger partial charge in [-0.3, -0.25) is 0 Å². The van der Waals surface area contributed by atoms with Crippen molar-refractivity contribution in [2.75, 3.05) is 0 Å². The van der Waals surface area contributed by atoms with Gasteiger partial charge < -0.3 is 4.42 Å². The summed E-state index contributed by atoms with van der Waals surface area (Å²) in [6.07, 6.45) is -0.485. The van der Waals surface area contributed by atoms with Gasteiger partial charge in [0.25, 0.3) is 0 Å². The molecular weight excluding hydrogens is 556 g/mol. The van der Waals surface area contributed by atoms with Crippen LogP contribution in [0.1, 0.15) is 28.9 Å². The van der Waals surface area contributed by atoms with Gasteiger partial charge in [-0.1, -0.05) is 151 Å². The highest BCUT2D eigenvalue weighted by molar-refractivity contribution is 6.16. The molecule has 0 spiro atoms. The van der Waals surface area contributed by atoms with Crippen molar-refractivity contribution in [3.05, 3.63) is 181 Å². The van der Waals surface area contributed by atoms with Gasteiger partial charge in [0.15, 0.2) is 0 Å². The second-order valence-corrected chi connectivity index (χ2v) is 11.1. The Morgan fingerprint density at radius 2 is 1.09 bits per heavy atom. The summed E-state index contributed by atoms with van der Waals surface area (Å²) in [5.74, 6) is 0. The monoisotopic (exact) mass is 599 g/mol. The lowest BCUT2D eigenvalue weighted by atomic mass is 9.86. The van der Waals surface area contributed by atoms with Crippen molar-refractivity contribution < 1.29 is 22.2 Å². The van der Waals surface area contributed by atoms with Crippen LogP contribution in [0.2, 0.25) is 0 Å². The lowest BCUT2D eigenvalue weighted by Crippen LogP contribution is -1.95. The van der Waals surface area contributed by atoms with E-state index in [1.165, 1.54) is 0 Å². The molecule has 46 heavy (non-hydrogen) atoms. The van der Waals surface area contributed by atoms with Crippen LogP contribution in [0.4, 0.5) is 0 Å². The molecule has 0 bridgehead atoms. The molecule has 0 aliphatic heterocycles. The predicted molar refractivity (Wildman–Crippen MR) is 194 cm³/mol. The first-order valence-corrected chi connectivity index (χ1v) is 14.8. The average Bonchev–Trinajstić information content (AvgIpc) is 3.64. The fraction of sp³-hybridized carbons (Fsp3) is 0.0222. The van der Waals surface area contributed by atoms with Gasteiger partial charge in [0.1, 0.15) is 11.2 Å². The number of hydrogen-bond acceptors (Lipinski definition) is 1. The third kappa shape index (κ3) is 4.40. The van der Waals surface area contributed by atoms with E-state index in [2.05, 4.69) is 6.07 Å². The summed E-state index contributed by atoms with van der Waals surface area (Å²) in [5, 5.41) is 1.59. The van der Waals surface area contributed by atoms with Crippen LogP contribution in [0, 0.1) is 0 Å². The molecule has 8 aromatic carbocycles. The van der Waals surface area contributed by atoms with Crippen LogP contribution in [0.15, 0.2) is 174 Å². The largest absolute Gasteiger partial charge is 0.456 e. The van der Waals surface area contributed by atoms with E-state index in [4.69, 9.17) is 19.5 Å². The summed E-state index contributed by atoms with van der Waals surface area (Å²) in [4.78, 5) is 0. The molecular formula is C45H30O. The normalized spacial score (nSPS) is 15.5. The van der Waals surface area contributed by atoms with Crippen molar-refractivity contribution in [2.45, 2.75) is 6.42 Å². The number of rotatable bonds is 5. The molecule has 1 heterocycles. The highest BCUT2D eigenvalue weighted by Crippen LogP contribution is 2.42. The van der Waals surface area contributed by atoms with Gasteiger partial charge >= 0.3 is 0 Å². The molecule has 0 saturated heterocycles. The SMILES string of the molecule is [2H]c1c([2H])c([2H])c(Cc2c3c([2H])c([2H])c([2H])c([2H])c3c(-c3ccc(-c4cccc5oc6ccc(-c7ccccc7)cc6c45)cc3)c3c([2H])c([2H])c([2H])c([2H])c23)c([2H])c1[2H]. The van der Waals surface area contributed by atoms with Gasteiger partial charge in [-0.05, 0) is 90.7 Å². The first-order valence-electron chi connectivity index (χ1n) is 21.3. The molecule has 0 amide bonds. The van der Waals surface area contributed by atoms with Crippen LogP contribution >= 0.6 is 0 Å². The quantitative estimate of drug-likeness (QED) is 0.179. The lowest BCUT2D eigenvalue weighted by Gasteiger charge is -2.18. The van der Waals surface area contributed by atoms with Crippen LogP contribution in [0.3, 0.4) is 0 Å². The molecule has 0 aliphatic carbocycles. The average molecular weight is 600 g/mol. The third-order valence-electron chi connectivity index (χ3n) is 8.47. The minimum Gasteiger partial charge on any atom is -0.456 e. The van der Waals surface area contributed by atoms with E-state index in [1.54, 1.807) is 12.1 Å². The Morgan fingerprint density at radius 1 is 0.457 bits per heavy atom. The summed E-state index contributed by atoms with van der Waals surface area (Å²) in [6, 6.07) is 21.9. The molecule has 9 rings (SSSR count). The van der Waals surface area contributed by atoms with Crippen LogP contribution in [-0.2, 0) is 6.42 Å². The van der Waals surface area contributed by atoms with Crippen molar-refractivity contribution >= 4 is 43.5 Å². The van der Waals surface area contributed by atoms with E-state index in [0.717, 1.165) is 33.0 Å². The molecule has 1 heteroatoms. The van der Waals surface area contributed by atoms with Crippen LogP contribution < -0.4 is 0 Å². The van der Waals surface area contributed by atoms with E-state index >= 15 is 0 Å². The van der Waals surface area contributed by atoms with E-state index in [1.807, 2.05) is 72.8 Å². The smallest absolute Gasteiger partial charge is 0.136 e. The molecule has 0 fully saturated rings. The van der Waals surface area contributed by atoms with Gasteiger partial charge in [0, 0.05) is 10.8 Å². The zero-order chi connectivity index (χ0) is 41.8. The maximum atomic E-state index is 9.22. The van der Waals surface area contributed by atoms with Crippen LogP contribution in [0.25, 0.3) is 76.9 Å². The summed E-state index contributed by atoms with van der Waals surface area (Å²) >= 11 is 0. The minimum atomic E-state index is -0.616. The molecule has 0 saturated carbocycles. The standard InChI is InChI=1S/C45H30O/c1-3-12-30(13-4-1)28-40-36-16-7-9-18-38(36)44(39-19-10-8-17-37(39)40)33-24-22-32(23-25-33)35-20-11-21-43-45(35)41-29-34(26-27-42(41)46-43)31-14-5-2-6-15-31/h1-27,29H,28H2/i1D,3D,4D,7D,8D,9D,10D,12D,13D,16D,17D,18D,19D. The summed E-state index contributed by atoms with van der Waals surface area (Å²) in [5.41, 5.74) is 5.49. The second kappa shape index (κ2) is 10.9. The fourth-order valence-electron chi connectivity index (χ4n) is 6.40. The fourth-order valence-corrected chi connectivity index (χ4v) is 6.40. The molecule has 0 N–H and O–H groups in total. The molecule has 216 valence electrons. The summed E-state index contributed by atoms with van der Waals surface area (Å²) < 4.78 is 120. The van der Waals surface area contributed by atoms with Gasteiger partial charge in [-0.15, -0.1) is 0 Å². The van der Waals surface area contributed by atoms with Gasteiger partial charge in [-0.2, -0.15) is 0 Å². The van der Waals surface area contributed by atoms with E-state index < -0.39 is 85.0 Å². The summed E-state index contributed by atoms with van der Waals surface area (Å²) in [6.45, 7) is 0. The molecule has 9 aromatic rings. The van der Waals surface area contributed by atoms with Crippen molar-refractivity contribution in [1.29, 1.82) is 0 Å². The molecule has 0 atom stereocenters. The maximum absolute atomic E-state index is 9.22. The highest BCUT2D eigenvalue weighted by atomic mass is 16.3. The summed E-state index contributed by atoms with van der Waals surface area (Å²) in [7, 11) is 0. The number of fused-ring (bicyclic) bond motifs is 5. The van der Waals surface area contributed by atoms with Gasteiger partial charge in [0.05, 0.1) is 17.8 Å². The Bertz CT molecular complexity index is 3160. The molecule has 1 aromatic heterocycles. The Kier molecular flexibility index (Phi) is 3.89. The zero-order valence-electron chi connectivity index (χ0n) is 37.3. The first kappa shape index (κ1) is 16.4. The van der Waals surface area contributed by atoms with E-state index in [-0.39, 0.29) is 38.2 Å². The molecule has 0 unspecified atom stereocenters. The van der Waals surface area contributed by atoms with E-state index in [0.29, 0.717) is 16.7 Å². The highest BCUT2D eigenvalue weighted by Gasteiger charge is 2.17. The number of benzene rings is 8. The Labute approximate surface area is 286 Å².